The van der Waals surface area contributed by atoms with E-state index in [1.54, 1.807) is 36.7 Å². The largest absolute Gasteiger partial charge is 0.484 e. The Bertz CT molecular complexity index is 600. The minimum Gasteiger partial charge on any atom is -0.484 e. The number of nitriles is 1. The zero-order valence-corrected chi connectivity index (χ0v) is 11.5. The van der Waals surface area contributed by atoms with Crippen LogP contribution in [0.4, 0.5) is 0 Å². The highest BCUT2D eigenvalue weighted by Crippen LogP contribution is 2.11. The molecule has 0 atom stereocenters. The monoisotopic (exact) mass is 284 g/mol. The SMILES string of the molecule is N#Cc1ccc(OCC(=O)NCCCc2ncc[nH]2)cc1. The Hall–Kier alpha value is -2.81. The number of aromatic nitrogens is 2. The third-order valence-corrected chi connectivity index (χ3v) is 2.82. The quantitative estimate of drug-likeness (QED) is 0.752. The van der Waals surface area contributed by atoms with Gasteiger partial charge < -0.3 is 15.0 Å². The molecule has 0 bridgehead atoms. The molecule has 1 aromatic heterocycles. The summed E-state index contributed by atoms with van der Waals surface area (Å²) in [6, 6.07) is 8.66. The van der Waals surface area contributed by atoms with Gasteiger partial charge in [0.2, 0.25) is 0 Å². The second-order valence-corrected chi connectivity index (χ2v) is 4.41. The maximum atomic E-state index is 11.6. The van der Waals surface area contributed by atoms with Crippen LogP contribution in [0, 0.1) is 11.3 Å². The van der Waals surface area contributed by atoms with Gasteiger partial charge in [-0.25, -0.2) is 4.98 Å². The fourth-order valence-corrected chi connectivity index (χ4v) is 1.74. The highest BCUT2D eigenvalue weighted by atomic mass is 16.5. The summed E-state index contributed by atoms with van der Waals surface area (Å²) in [4.78, 5) is 18.7. The number of nitrogens with zero attached hydrogens (tertiary/aromatic N) is 2. The highest BCUT2D eigenvalue weighted by Gasteiger charge is 2.03. The molecule has 2 aromatic rings. The average molecular weight is 284 g/mol. The number of ether oxygens (including phenoxy) is 1. The van der Waals surface area contributed by atoms with E-state index in [4.69, 9.17) is 10.00 Å². The summed E-state index contributed by atoms with van der Waals surface area (Å²) in [5.41, 5.74) is 0.560. The van der Waals surface area contributed by atoms with Crippen molar-refractivity contribution in [1.82, 2.24) is 15.3 Å². The van der Waals surface area contributed by atoms with Crippen LogP contribution in [0.5, 0.6) is 5.75 Å². The lowest BCUT2D eigenvalue weighted by Crippen LogP contribution is -2.29. The zero-order valence-electron chi connectivity index (χ0n) is 11.5. The van der Waals surface area contributed by atoms with E-state index in [9.17, 15) is 4.79 Å². The molecule has 0 aliphatic heterocycles. The summed E-state index contributed by atoms with van der Waals surface area (Å²) in [5, 5.41) is 11.5. The number of aryl methyl sites for hydroxylation is 1. The lowest BCUT2D eigenvalue weighted by Gasteiger charge is -2.07. The zero-order chi connectivity index (χ0) is 14.9. The summed E-state index contributed by atoms with van der Waals surface area (Å²) in [6.45, 7) is 0.545. The standard InChI is InChI=1S/C15H16N4O2/c16-10-12-3-5-13(6-4-12)21-11-15(20)19-7-1-2-14-17-8-9-18-14/h3-6,8-9H,1-2,7,11H2,(H,17,18)(H,19,20). The molecule has 1 heterocycles. The molecule has 6 heteroatoms. The van der Waals surface area contributed by atoms with E-state index in [2.05, 4.69) is 15.3 Å². The Balaban J connectivity index is 1.61. The van der Waals surface area contributed by atoms with Gasteiger partial charge in [0.05, 0.1) is 11.6 Å². The van der Waals surface area contributed by atoms with Crippen LogP contribution in [0.25, 0.3) is 0 Å². The summed E-state index contributed by atoms with van der Waals surface area (Å²) in [7, 11) is 0. The van der Waals surface area contributed by atoms with E-state index < -0.39 is 0 Å². The van der Waals surface area contributed by atoms with Crippen molar-refractivity contribution in [3.05, 3.63) is 48.0 Å². The third kappa shape index (κ3) is 4.99. The number of hydrogen-bond acceptors (Lipinski definition) is 4. The Labute approximate surface area is 122 Å². The summed E-state index contributed by atoms with van der Waals surface area (Å²) in [6.07, 6.45) is 5.10. The van der Waals surface area contributed by atoms with E-state index >= 15 is 0 Å². The number of amides is 1. The summed E-state index contributed by atoms with van der Waals surface area (Å²) < 4.78 is 5.33. The van der Waals surface area contributed by atoms with Gasteiger partial charge in [0, 0.05) is 25.4 Å². The number of nitrogens with one attached hydrogen (secondary N) is 2. The van der Waals surface area contributed by atoms with Crippen molar-refractivity contribution in [2.45, 2.75) is 12.8 Å². The number of imidazole rings is 1. The first-order valence-electron chi connectivity index (χ1n) is 6.66. The van der Waals surface area contributed by atoms with Gasteiger partial charge in [0.1, 0.15) is 11.6 Å². The number of rotatable bonds is 7. The first-order chi connectivity index (χ1) is 10.3. The van der Waals surface area contributed by atoms with Crippen molar-refractivity contribution in [2.24, 2.45) is 0 Å². The molecule has 0 fully saturated rings. The van der Waals surface area contributed by atoms with Gasteiger partial charge >= 0.3 is 0 Å². The fourth-order valence-electron chi connectivity index (χ4n) is 1.74. The van der Waals surface area contributed by atoms with Crippen molar-refractivity contribution in [3.8, 4) is 11.8 Å². The van der Waals surface area contributed by atoms with Crippen LogP contribution in [0.1, 0.15) is 17.8 Å². The van der Waals surface area contributed by atoms with E-state index in [0.29, 0.717) is 17.9 Å². The van der Waals surface area contributed by atoms with Crippen LogP contribution in [-0.2, 0) is 11.2 Å². The first-order valence-corrected chi connectivity index (χ1v) is 6.66. The molecule has 1 amide bonds. The van der Waals surface area contributed by atoms with Gasteiger partial charge in [-0.15, -0.1) is 0 Å². The van der Waals surface area contributed by atoms with E-state index in [1.807, 2.05) is 6.07 Å². The normalized spacial score (nSPS) is 9.86. The van der Waals surface area contributed by atoms with Crippen LogP contribution in [0.3, 0.4) is 0 Å². The minimum absolute atomic E-state index is 0.0351. The van der Waals surface area contributed by atoms with Crippen LogP contribution in [0.15, 0.2) is 36.7 Å². The second-order valence-electron chi connectivity index (χ2n) is 4.41. The van der Waals surface area contributed by atoms with Crippen molar-refractivity contribution >= 4 is 5.91 Å². The Kier molecular flexibility index (Phi) is 5.35. The molecule has 1 aromatic carbocycles. The maximum absolute atomic E-state index is 11.6. The van der Waals surface area contributed by atoms with Crippen molar-refractivity contribution < 1.29 is 9.53 Å². The van der Waals surface area contributed by atoms with E-state index in [1.165, 1.54) is 0 Å². The van der Waals surface area contributed by atoms with Crippen molar-refractivity contribution in [1.29, 1.82) is 5.26 Å². The Morgan fingerprint density at radius 3 is 2.86 bits per heavy atom. The van der Waals surface area contributed by atoms with Gasteiger partial charge in [-0.2, -0.15) is 5.26 Å². The minimum atomic E-state index is -0.168. The Morgan fingerprint density at radius 1 is 1.38 bits per heavy atom. The van der Waals surface area contributed by atoms with Gasteiger partial charge in [-0.1, -0.05) is 0 Å². The molecule has 0 spiro atoms. The number of H-pyrrole nitrogens is 1. The fraction of sp³-hybridized carbons (Fsp3) is 0.267. The molecule has 0 saturated heterocycles. The molecule has 21 heavy (non-hydrogen) atoms. The van der Waals surface area contributed by atoms with E-state index in [-0.39, 0.29) is 12.5 Å². The van der Waals surface area contributed by atoms with Gasteiger partial charge in [-0.05, 0) is 30.7 Å². The summed E-state index contributed by atoms with van der Waals surface area (Å²) >= 11 is 0. The molecule has 0 radical (unpaired) electrons. The van der Waals surface area contributed by atoms with Gasteiger partial charge in [0.25, 0.3) is 5.91 Å². The van der Waals surface area contributed by atoms with Crippen LogP contribution >= 0.6 is 0 Å². The van der Waals surface area contributed by atoms with Crippen molar-refractivity contribution in [2.75, 3.05) is 13.2 Å². The molecule has 0 unspecified atom stereocenters. The topological polar surface area (TPSA) is 90.8 Å². The maximum Gasteiger partial charge on any atom is 0.257 e. The predicted octanol–water partition coefficient (Wildman–Crippen LogP) is 1.41. The van der Waals surface area contributed by atoms with Gasteiger partial charge in [-0.3, -0.25) is 4.79 Å². The first kappa shape index (κ1) is 14.6. The molecule has 0 saturated carbocycles. The summed E-state index contributed by atoms with van der Waals surface area (Å²) in [5.74, 6) is 1.32. The molecular weight excluding hydrogens is 268 g/mol. The van der Waals surface area contributed by atoms with Crippen LogP contribution in [-0.4, -0.2) is 29.0 Å². The molecule has 0 aliphatic carbocycles. The number of aromatic amines is 1. The van der Waals surface area contributed by atoms with Crippen LogP contribution < -0.4 is 10.1 Å². The van der Waals surface area contributed by atoms with Crippen molar-refractivity contribution in [3.63, 3.8) is 0 Å². The van der Waals surface area contributed by atoms with Crippen LogP contribution in [0.2, 0.25) is 0 Å². The predicted molar refractivity (Wildman–Crippen MR) is 76.6 cm³/mol. The lowest BCUT2D eigenvalue weighted by atomic mass is 10.2. The average Bonchev–Trinajstić information content (AvgIpc) is 3.03. The van der Waals surface area contributed by atoms with Gasteiger partial charge in [0.15, 0.2) is 6.61 Å². The number of benzene rings is 1. The number of carbonyl (C=O) groups excluding carboxylic acids is 1. The molecule has 6 nitrogen and oxygen atoms in total. The number of carbonyl (C=O) groups is 1. The Morgan fingerprint density at radius 2 is 2.19 bits per heavy atom. The second kappa shape index (κ2) is 7.70. The molecule has 0 aliphatic rings. The molecule has 108 valence electrons. The van der Waals surface area contributed by atoms with E-state index in [0.717, 1.165) is 18.7 Å². The smallest absolute Gasteiger partial charge is 0.257 e. The third-order valence-electron chi connectivity index (χ3n) is 2.82. The molecule has 2 rings (SSSR count). The molecular formula is C15H16N4O2. The molecule has 2 N–H and O–H groups in total. The number of hydrogen-bond donors (Lipinski definition) is 2. The highest BCUT2D eigenvalue weighted by molar-refractivity contribution is 5.77. The lowest BCUT2D eigenvalue weighted by molar-refractivity contribution is -0.123.